The normalized spacial score (nSPS) is 19.3. The predicted octanol–water partition coefficient (Wildman–Crippen LogP) is 2.18. The van der Waals surface area contributed by atoms with Crippen LogP contribution in [0.2, 0.25) is 0 Å². The van der Waals surface area contributed by atoms with Crippen molar-refractivity contribution in [2.24, 2.45) is 0 Å². The number of esters is 2. The Hall–Kier alpha value is -3.16. The van der Waals surface area contributed by atoms with Crippen LogP contribution in [0.4, 0.5) is 5.69 Å². The van der Waals surface area contributed by atoms with Crippen LogP contribution < -0.4 is 5.32 Å². The molecule has 132 valence electrons. The average Bonchev–Trinajstić information content (AvgIpc) is 2.58. The first kappa shape index (κ1) is 14.2. The Balaban J connectivity index is 2.70. The molecule has 1 N–H and O–H groups in total. The molecule has 0 fully saturated rings. The lowest BCUT2D eigenvalue weighted by Crippen LogP contribution is -2.32. The van der Waals surface area contributed by atoms with Crippen molar-refractivity contribution in [1.29, 1.82) is 0 Å². The van der Waals surface area contributed by atoms with Gasteiger partial charge in [-0.25, -0.2) is 9.59 Å². The number of carbonyl (C=O) groups is 2. The van der Waals surface area contributed by atoms with E-state index in [1.807, 2.05) is 0 Å². The van der Waals surface area contributed by atoms with E-state index in [-0.39, 0.29) is 28.1 Å². The van der Waals surface area contributed by atoms with Gasteiger partial charge in [-0.15, -0.1) is 0 Å². The van der Waals surface area contributed by atoms with Gasteiger partial charge in [-0.2, -0.15) is 0 Å². The van der Waals surface area contributed by atoms with Crippen molar-refractivity contribution in [2.75, 3.05) is 14.1 Å². The number of nitro groups is 1. The van der Waals surface area contributed by atoms with E-state index in [0.29, 0.717) is 5.70 Å². The largest absolute Gasteiger partial charge is 0.466 e. The molecule has 0 saturated heterocycles. The van der Waals surface area contributed by atoms with Gasteiger partial charge in [-0.05, 0) is 19.4 Å². The van der Waals surface area contributed by atoms with Crippen LogP contribution in [0.5, 0.6) is 0 Å². The minimum atomic E-state index is -3.00. The molecular weight excluding hydrogens is 328 g/mol. The van der Waals surface area contributed by atoms with Crippen molar-refractivity contribution in [2.45, 2.75) is 19.8 Å². The maximum Gasteiger partial charge on any atom is 0.336 e. The third-order valence-electron chi connectivity index (χ3n) is 3.89. The SMILES string of the molecule is [2H]C([2H])([2H])OC(=O)C1=C(C)NC(C)=C(C(=O)OC)C1c1cccc([N+](=O)[O-])c1. The molecule has 8 heteroatoms. The van der Waals surface area contributed by atoms with Crippen molar-refractivity contribution in [3.63, 3.8) is 0 Å². The molecular formula is C17H18N2O6. The molecule has 1 atom stereocenters. The Morgan fingerprint density at radius 3 is 2.32 bits per heavy atom. The summed E-state index contributed by atoms with van der Waals surface area (Å²) in [6.07, 6.45) is 0. The molecule has 2 rings (SSSR count). The van der Waals surface area contributed by atoms with Crippen molar-refractivity contribution in [1.82, 2.24) is 5.32 Å². The summed E-state index contributed by atoms with van der Waals surface area (Å²) < 4.78 is 30.8. The van der Waals surface area contributed by atoms with Gasteiger partial charge in [0.1, 0.15) is 0 Å². The van der Waals surface area contributed by atoms with Gasteiger partial charge in [-0.3, -0.25) is 10.1 Å². The minimum Gasteiger partial charge on any atom is -0.466 e. The Bertz CT molecular complexity index is 904. The van der Waals surface area contributed by atoms with Gasteiger partial charge in [0, 0.05) is 23.5 Å². The lowest BCUT2D eigenvalue weighted by Gasteiger charge is -2.29. The summed E-state index contributed by atoms with van der Waals surface area (Å²) >= 11 is 0. The van der Waals surface area contributed by atoms with Gasteiger partial charge >= 0.3 is 11.9 Å². The second kappa shape index (κ2) is 7.16. The monoisotopic (exact) mass is 349 g/mol. The van der Waals surface area contributed by atoms with E-state index < -0.39 is 29.8 Å². The second-order valence-corrected chi connectivity index (χ2v) is 5.37. The number of allylic oxidation sites excluding steroid dienone is 2. The summed E-state index contributed by atoms with van der Waals surface area (Å²) in [5, 5.41) is 14.0. The van der Waals surface area contributed by atoms with Crippen LogP contribution in [0.3, 0.4) is 0 Å². The fraction of sp³-hybridized carbons (Fsp3) is 0.294. The molecule has 1 aliphatic rings. The standard InChI is InChI=1S/C17H18N2O6/c1-9-13(16(20)24-3)15(14(10(2)18-9)17(21)25-4)11-6-5-7-12(8-11)19(22)23/h5-8,15,18H,1-4H3/i3D3. The predicted molar refractivity (Wildman–Crippen MR) is 88.4 cm³/mol. The van der Waals surface area contributed by atoms with Crippen molar-refractivity contribution < 1.29 is 28.1 Å². The molecule has 0 amide bonds. The number of dihydropyridines is 1. The molecule has 0 aliphatic carbocycles. The number of nitro benzene ring substituents is 1. The highest BCUT2D eigenvalue weighted by Gasteiger charge is 2.38. The lowest BCUT2D eigenvalue weighted by atomic mass is 9.80. The maximum absolute atomic E-state index is 12.6. The number of rotatable bonds is 4. The van der Waals surface area contributed by atoms with E-state index in [2.05, 4.69) is 10.1 Å². The number of methoxy groups -OCH3 is 2. The number of hydrogen-bond donors (Lipinski definition) is 1. The molecule has 1 aromatic carbocycles. The minimum absolute atomic E-state index is 0.0195. The average molecular weight is 349 g/mol. The number of nitrogens with zero attached hydrogens (tertiary/aromatic N) is 1. The van der Waals surface area contributed by atoms with Crippen LogP contribution in [-0.2, 0) is 19.1 Å². The Labute approximate surface area is 148 Å². The fourth-order valence-electron chi connectivity index (χ4n) is 2.85. The Kier molecular flexibility index (Phi) is 4.07. The molecule has 0 spiro atoms. The molecule has 1 heterocycles. The lowest BCUT2D eigenvalue weighted by molar-refractivity contribution is -0.384. The number of hydrogen-bond acceptors (Lipinski definition) is 7. The molecule has 1 unspecified atom stereocenters. The molecule has 0 aromatic heterocycles. The van der Waals surface area contributed by atoms with E-state index in [9.17, 15) is 19.7 Å². The molecule has 0 radical (unpaired) electrons. The van der Waals surface area contributed by atoms with E-state index in [1.54, 1.807) is 6.92 Å². The molecule has 1 aromatic rings. The maximum atomic E-state index is 12.6. The third kappa shape index (κ3) is 3.37. The van der Waals surface area contributed by atoms with Crippen LogP contribution in [0.1, 0.15) is 29.4 Å². The van der Waals surface area contributed by atoms with Crippen LogP contribution in [0, 0.1) is 10.1 Å². The second-order valence-electron chi connectivity index (χ2n) is 5.37. The number of benzene rings is 1. The number of carbonyl (C=O) groups excluding carboxylic acids is 2. The van der Waals surface area contributed by atoms with Gasteiger partial charge in [0.2, 0.25) is 0 Å². The summed E-state index contributed by atoms with van der Waals surface area (Å²) in [4.78, 5) is 35.5. The van der Waals surface area contributed by atoms with Crippen LogP contribution in [-0.4, -0.2) is 31.0 Å². The van der Waals surface area contributed by atoms with Gasteiger partial charge in [0.15, 0.2) is 0 Å². The van der Waals surface area contributed by atoms with E-state index in [0.717, 1.165) is 7.11 Å². The van der Waals surface area contributed by atoms with Gasteiger partial charge in [0.05, 0.1) is 40.2 Å². The Morgan fingerprint density at radius 1 is 1.20 bits per heavy atom. The molecule has 0 saturated carbocycles. The van der Waals surface area contributed by atoms with E-state index in [1.165, 1.54) is 31.2 Å². The van der Waals surface area contributed by atoms with E-state index in [4.69, 9.17) is 8.85 Å². The van der Waals surface area contributed by atoms with Gasteiger partial charge in [-0.1, -0.05) is 12.1 Å². The highest BCUT2D eigenvalue weighted by molar-refractivity contribution is 5.99. The first-order valence-corrected chi connectivity index (χ1v) is 7.21. The first-order valence-electron chi connectivity index (χ1n) is 8.71. The van der Waals surface area contributed by atoms with Gasteiger partial charge < -0.3 is 14.8 Å². The summed E-state index contributed by atoms with van der Waals surface area (Å²) in [6.45, 7) is 3.09. The summed E-state index contributed by atoms with van der Waals surface area (Å²) in [5.41, 5.74) is 0.488. The molecule has 1 aliphatic heterocycles. The quantitative estimate of drug-likeness (QED) is 0.504. The number of non-ortho nitro benzene ring substituents is 1. The molecule has 8 nitrogen and oxygen atoms in total. The van der Waals surface area contributed by atoms with Crippen LogP contribution >= 0.6 is 0 Å². The number of ether oxygens (including phenoxy) is 2. The van der Waals surface area contributed by atoms with Gasteiger partial charge in [0.25, 0.3) is 5.69 Å². The number of nitrogens with one attached hydrogen (secondary N) is 1. The zero-order chi connectivity index (χ0) is 21.2. The summed E-state index contributed by atoms with van der Waals surface area (Å²) in [5.74, 6) is -3.05. The van der Waals surface area contributed by atoms with Crippen LogP contribution in [0.25, 0.3) is 0 Å². The smallest absolute Gasteiger partial charge is 0.336 e. The fourth-order valence-corrected chi connectivity index (χ4v) is 2.85. The zero-order valence-electron chi connectivity index (χ0n) is 16.8. The van der Waals surface area contributed by atoms with Crippen molar-refractivity contribution in [3.8, 4) is 0 Å². The topological polar surface area (TPSA) is 108 Å². The molecule has 25 heavy (non-hydrogen) atoms. The summed E-state index contributed by atoms with van der Waals surface area (Å²) in [6, 6.07) is 5.37. The summed E-state index contributed by atoms with van der Waals surface area (Å²) in [7, 11) is -1.85. The van der Waals surface area contributed by atoms with Crippen LogP contribution in [0.15, 0.2) is 46.8 Å². The highest BCUT2D eigenvalue weighted by atomic mass is 16.6. The third-order valence-corrected chi connectivity index (χ3v) is 3.89. The highest BCUT2D eigenvalue weighted by Crippen LogP contribution is 2.39. The van der Waals surface area contributed by atoms with Crippen molar-refractivity contribution >= 4 is 17.6 Å². The molecule has 0 bridgehead atoms. The first-order chi connectivity index (χ1) is 13.0. The zero-order valence-corrected chi connectivity index (χ0v) is 13.8. The van der Waals surface area contributed by atoms with Crippen molar-refractivity contribution in [3.05, 3.63) is 62.5 Å². The van der Waals surface area contributed by atoms with E-state index >= 15 is 0 Å². The Morgan fingerprint density at radius 2 is 1.80 bits per heavy atom.